The molecule has 1 aromatic heterocycles. The van der Waals surface area contributed by atoms with E-state index < -0.39 is 17.2 Å². The summed E-state index contributed by atoms with van der Waals surface area (Å²) in [5.74, 6) is -1.34. The second-order valence-electron chi connectivity index (χ2n) is 3.57. The molecule has 0 aliphatic heterocycles. The van der Waals surface area contributed by atoms with Crippen LogP contribution in [0.4, 0.5) is 4.39 Å². The lowest BCUT2D eigenvalue weighted by molar-refractivity contribution is 0.0594. The summed E-state index contributed by atoms with van der Waals surface area (Å²) >= 11 is 0. The molecule has 0 atom stereocenters. The molecule has 18 heavy (non-hydrogen) atoms. The average Bonchev–Trinajstić information content (AvgIpc) is 2.36. The van der Waals surface area contributed by atoms with Gasteiger partial charge in [-0.05, 0) is 6.07 Å². The average molecular weight is 251 g/mol. The summed E-state index contributed by atoms with van der Waals surface area (Å²) in [4.78, 5) is 25.7. The van der Waals surface area contributed by atoms with Crippen molar-refractivity contribution in [1.82, 2.24) is 4.98 Å². The van der Waals surface area contributed by atoms with Gasteiger partial charge in [-0.25, -0.2) is 9.18 Å². The number of methoxy groups -OCH3 is 2. The van der Waals surface area contributed by atoms with Crippen LogP contribution in [0.2, 0.25) is 0 Å². The lowest BCUT2D eigenvalue weighted by Crippen LogP contribution is -2.11. The van der Waals surface area contributed by atoms with Crippen molar-refractivity contribution in [1.29, 1.82) is 0 Å². The van der Waals surface area contributed by atoms with Crippen LogP contribution in [0, 0.1) is 5.82 Å². The second kappa shape index (κ2) is 4.48. The SMILES string of the molecule is COC(=O)c1cc(=O)c2cc(OC)c(F)cc2[nH]1. The molecule has 0 bridgehead atoms. The Labute approximate surface area is 101 Å². The largest absolute Gasteiger partial charge is 0.494 e. The Morgan fingerprint density at radius 3 is 2.61 bits per heavy atom. The maximum Gasteiger partial charge on any atom is 0.354 e. The number of halogens is 1. The van der Waals surface area contributed by atoms with Gasteiger partial charge in [0.1, 0.15) is 5.69 Å². The van der Waals surface area contributed by atoms with Crippen LogP contribution >= 0.6 is 0 Å². The Bertz CT molecular complexity index is 678. The third-order valence-corrected chi connectivity index (χ3v) is 2.51. The third-order valence-electron chi connectivity index (χ3n) is 2.51. The van der Waals surface area contributed by atoms with Crippen molar-refractivity contribution < 1.29 is 18.7 Å². The molecule has 0 saturated carbocycles. The van der Waals surface area contributed by atoms with Crippen molar-refractivity contribution in [3.63, 3.8) is 0 Å². The Hall–Kier alpha value is -2.37. The first-order chi connectivity index (χ1) is 8.56. The number of benzene rings is 1. The molecule has 0 aliphatic carbocycles. The molecule has 0 saturated heterocycles. The van der Waals surface area contributed by atoms with Gasteiger partial charge in [0.05, 0.1) is 19.7 Å². The highest BCUT2D eigenvalue weighted by molar-refractivity contribution is 5.91. The van der Waals surface area contributed by atoms with Crippen molar-refractivity contribution in [3.05, 3.63) is 39.9 Å². The minimum atomic E-state index is -0.690. The standard InChI is InChI=1S/C12H10FNO4/c1-17-11-3-6-8(4-7(11)13)14-9(5-10(6)15)12(16)18-2/h3-5H,1-2H3,(H,14,15). The predicted octanol–water partition coefficient (Wildman–Crippen LogP) is 1.46. The van der Waals surface area contributed by atoms with Gasteiger partial charge in [0.15, 0.2) is 17.0 Å². The molecule has 1 N–H and O–H groups in total. The zero-order valence-corrected chi connectivity index (χ0v) is 9.74. The van der Waals surface area contributed by atoms with Crippen LogP contribution in [0.5, 0.6) is 5.75 Å². The molecule has 1 aromatic carbocycles. The smallest absolute Gasteiger partial charge is 0.354 e. The Morgan fingerprint density at radius 2 is 2.00 bits per heavy atom. The molecule has 0 unspecified atom stereocenters. The van der Waals surface area contributed by atoms with E-state index >= 15 is 0 Å². The zero-order chi connectivity index (χ0) is 13.3. The Balaban J connectivity index is 2.74. The molecular formula is C12H10FNO4. The first-order valence-corrected chi connectivity index (χ1v) is 5.05. The first-order valence-electron chi connectivity index (χ1n) is 5.05. The number of hydrogen-bond acceptors (Lipinski definition) is 4. The van der Waals surface area contributed by atoms with Crippen LogP contribution in [0.25, 0.3) is 10.9 Å². The van der Waals surface area contributed by atoms with Crippen molar-refractivity contribution in [2.24, 2.45) is 0 Å². The summed E-state index contributed by atoms with van der Waals surface area (Å²) in [7, 11) is 2.50. The maximum atomic E-state index is 13.5. The Morgan fingerprint density at radius 1 is 1.28 bits per heavy atom. The van der Waals surface area contributed by atoms with Gasteiger partial charge in [-0.1, -0.05) is 0 Å². The van der Waals surface area contributed by atoms with E-state index in [-0.39, 0.29) is 22.3 Å². The van der Waals surface area contributed by atoms with E-state index in [2.05, 4.69) is 9.72 Å². The fourth-order valence-electron chi connectivity index (χ4n) is 1.63. The summed E-state index contributed by atoms with van der Waals surface area (Å²) in [5, 5.41) is 0.237. The van der Waals surface area contributed by atoms with Crippen molar-refractivity contribution >= 4 is 16.9 Å². The van der Waals surface area contributed by atoms with Crippen molar-refractivity contribution in [2.75, 3.05) is 14.2 Å². The van der Waals surface area contributed by atoms with E-state index in [1.807, 2.05) is 0 Å². The number of fused-ring (bicyclic) bond motifs is 1. The number of carbonyl (C=O) groups is 1. The van der Waals surface area contributed by atoms with Gasteiger partial charge in [-0.15, -0.1) is 0 Å². The van der Waals surface area contributed by atoms with Crippen LogP contribution in [0.3, 0.4) is 0 Å². The molecule has 94 valence electrons. The van der Waals surface area contributed by atoms with Gasteiger partial charge in [-0.3, -0.25) is 4.79 Å². The molecule has 0 spiro atoms. The maximum absolute atomic E-state index is 13.5. The number of H-pyrrole nitrogens is 1. The van der Waals surface area contributed by atoms with Crippen molar-refractivity contribution in [3.8, 4) is 5.75 Å². The van der Waals surface area contributed by atoms with Crippen molar-refractivity contribution in [2.45, 2.75) is 0 Å². The second-order valence-corrected chi connectivity index (χ2v) is 3.57. The molecule has 2 rings (SSSR count). The zero-order valence-electron chi connectivity index (χ0n) is 9.74. The highest BCUT2D eigenvalue weighted by Gasteiger charge is 2.12. The topological polar surface area (TPSA) is 68.4 Å². The number of nitrogens with one attached hydrogen (secondary N) is 1. The molecule has 0 radical (unpaired) electrons. The van der Waals surface area contributed by atoms with E-state index in [1.165, 1.54) is 20.3 Å². The molecule has 0 fully saturated rings. The quantitative estimate of drug-likeness (QED) is 0.820. The molecule has 0 aliphatic rings. The van der Waals surface area contributed by atoms with Crippen LogP contribution < -0.4 is 10.2 Å². The number of hydrogen-bond donors (Lipinski definition) is 1. The van der Waals surface area contributed by atoms with E-state index in [4.69, 9.17) is 4.74 Å². The van der Waals surface area contributed by atoms with Gasteiger partial charge in [0.25, 0.3) is 0 Å². The number of carbonyl (C=O) groups excluding carboxylic acids is 1. The van der Waals surface area contributed by atoms with Crippen LogP contribution in [-0.4, -0.2) is 25.2 Å². The summed E-state index contributed by atoms with van der Waals surface area (Å²) in [6, 6.07) is 3.48. The van der Waals surface area contributed by atoms with Gasteiger partial charge in [0, 0.05) is 17.5 Å². The summed E-state index contributed by atoms with van der Waals surface area (Å²) < 4.78 is 22.8. The van der Waals surface area contributed by atoms with Crippen LogP contribution in [-0.2, 0) is 4.74 Å². The number of aromatic nitrogens is 1. The minimum absolute atomic E-state index is 0.0282. The van der Waals surface area contributed by atoms with Crippen LogP contribution in [0.1, 0.15) is 10.5 Å². The van der Waals surface area contributed by atoms with E-state index in [1.54, 1.807) is 0 Å². The molecule has 1 heterocycles. The number of aromatic amines is 1. The molecule has 2 aromatic rings. The summed E-state index contributed by atoms with van der Waals surface area (Å²) in [5.41, 5.74) is -0.233. The molecule has 5 nitrogen and oxygen atoms in total. The van der Waals surface area contributed by atoms with Gasteiger partial charge < -0.3 is 14.5 Å². The summed E-state index contributed by atoms with van der Waals surface area (Å²) in [6.07, 6.45) is 0. The number of ether oxygens (including phenoxy) is 2. The summed E-state index contributed by atoms with van der Waals surface area (Å²) in [6.45, 7) is 0. The van der Waals surface area contributed by atoms with Gasteiger partial charge >= 0.3 is 5.97 Å². The first kappa shape index (κ1) is 12.1. The predicted molar refractivity (Wildman–Crippen MR) is 62.4 cm³/mol. The Kier molecular flexibility index (Phi) is 3.01. The third kappa shape index (κ3) is 1.92. The van der Waals surface area contributed by atoms with Crippen LogP contribution in [0.15, 0.2) is 23.0 Å². The number of esters is 1. The molecular weight excluding hydrogens is 241 g/mol. The fourth-order valence-corrected chi connectivity index (χ4v) is 1.63. The highest BCUT2D eigenvalue weighted by Crippen LogP contribution is 2.21. The van der Waals surface area contributed by atoms with E-state index in [0.29, 0.717) is 0 Å². The minimum Gasteiger partial charge on any atom is -0.494 e. The highest BCUT2D eigenvalue weighted by atomic mass is 19.1. The lowest BCUT2D eigenvalue weighted by atomic mass is 10.1. The lowest BCUT2D eigenvalue weighted by Gasteiger charge is -2.06. The molecule has 6 heteroatoms. The normalized spacial score (nSPS) is 10.4. The monoisotopic (exact) mass is 251 g/mol. The number of rotatable bonds is 2. The van der Waals surface area contributed by atoms with Gasteiger partial charge in [-0.2, -0.15) is 0 Å². The molecule has 0 amide bonds. The van der Waals surface area contributed by atoms with E-state index in [0.717, 1.165) is 12.1 Å². The van der Waals surface area contributed by atoms with Gasteiger partial charge in [0.2, 0.25) is 0 Å². The van der Waals surface area contributed by atoms with E-state index in [9.17, 15) is 14.0 Å². The number of pyridine rings is 1. The fraction of sp³-hybridized carbons (Fsp3) is 0.167.